The summed E-state index contributed by atoms with van der Waals surface area (Å²) in [5.41, 5.74) is 0. The van der Waals surface area contributed by atoms with Crippen LogP contribution in [0.3, 0.4) is 0 Å². The molecule has 0 unspecified atom stereocenters. The number of halogens is 2. The molecule has 1 amide bonds. The maximum atomic E-state index is 11.7. The molecule has 3 nitrogen and oxygen atoms in total. The average molecular weight is 290 g/mol. The van der Waals surface area contributed by atoms with Gasteiger partial charge in [-0.15, -0.1) is 11.3 Å². The number of hydrogen-bond donors (Lipinski definition) is 2. The number of carbonyl (C=O) groups excluding carboxylic acids is 1. The van der Waals surface area contributed by atoms with E-state index in [4.69, 9.17) is 28.3 Å². The van der Waals surface area contributed by atoms with Crippen molar-refractivity contribution in [3.63, 3.8) is 0 Å². The summed E-state index contributed by atoms with van der Waals surface area (Å²) < 4.78 is 0.872. The van der Waals surface area contributed by atoms with Gasteiger partial charge in [0.2, 0.25) is 0 Å². The van der Waals surface area contributed by atoms with Crippen molar-refractivity contribution in [2.24, 2.45) is 0 Å². The van der Waals surface area contributed by atoms with Crippen molar-refractivity contribution < 1.29 is 9.90 Å². The van der Waals surface area contributed by atoms with Crippen LogP contribution in [0.1, 0.15) is 9.67 Å². The number of nitrogens with one attached hydrogen (secondary N) is 1. The predicted molar refractivity (Wildman–Crippen MR) is 71.3 cm³/mol. The first-order chi connectivity index (χ1) is 8.13. The SMILES string of the molecule is O=C(NCCO)c1sc2cc(Cl)ccc2c1Cl. The van der Waals surface area contributed by atoms with Gasteiger partial charge in [-0.1, -0.05) is 29.3 Å². The first-order valence-electron chi connectivity index (χ1n) is 4.90. The second-order valence-corrected chi connectivity index (χ2v) is 5.23. The molecule has 0 aliphatic rings. The number of fused-ring (bicyclic) bond motifs is 1. The van der Waals surface area contributed by atoms with Crippen molar-refractivity contribution >= 4 is 50.5 Å². The molecule has 2 rings (SSSR count). The third-order valence-electron chi connectivity index (χ3n) is 2.20. The molecule has 0 saturated carbocycles. The Balaban J connectivity index is 2.41. The first-order valence-corrected chi connectivity index (χ1v) is 6.47. The number of carbonyl (C=O) groups is 1. The molecule has 1 aromatic carbocycles. The highest BCUT2D eigenvalue weighted by atomic mass is 35.5. The summed E-state index contributed by atoms with van der Waals surface area (Å²) in [6, 6.07) is 5.30. The molecule has 2 N–H and O–H groups in total. The molecule has 1 aromatic heterocycles. The number of rotatable bonds is 3. The Hall–Kier alpha value is -0.810. The van der Waals surface area contributed by atoms with Crippen LogP contribution >= 0.6 is 34.5 Å². The number of hydrogen-bond acceptors (Lipinski definition) is 3. The van der Waals surface area contributed by atoms with Crippen molar-refractivity contribution in [1.82, 2.24) is 5.32 Å². The van der Waals surface area contributed by atoms with Gasteiger partial charge in [0.05, 0.1) is 11.6 Å². The third-order valence-corrected chi connectivity index (χ3v) is 4.09. The molecular formula is C11H9Cl2NO2S. The van der Waals surface area contributed by atoms with Gasteiger partial charge in [-0.05, 0) is 12.1 Å². The lowest BCUT2D eigenvalue weighted by atomic mass is 10.2. The van der Waals surface area contributed by atoms with Gasteiger partial charge >= 0.3 is 0 Å². The number of aliphatic hydroxyl groups is 1. The fourth-order valence-electron chi connectivity index (χ4n) is 1.43. The Bertz CT molecular complexity index is 568. The second-order valence-electron chi connectivity index (χ2n) is 3.37. The van der Waals surface area contributed by atoms with Crippen LogP contribution in [0.4, 0.5) is 0 Å². The minimum Gasteiger partial charge on any atom is -0.395 e. The number of thiophene rings is 1. The van der Waals surface area contributed by atoms with Crippen molar-refractivity contribution in [2.75, 3.05) is 13.2 Å². The summed E-state index contributed by atoms with van der Waals surface area (Å²) in [5, 5.41) is 13.1. The lowest BCUT2D eigenvalue weighted by Gasteiger charge is -2.00. The van der Waals surface area contributed by atoms with Crippen LogP contribution in [0, 0.1) is 0 Å². The lowest BCUT2D eigenvalue weighted by molar-refractivity contribution is 0.0949. The molecule has 0 aliphatic heterocycles. The van der Waals surface area contributed by atoms with Crippen LogP contribution < -0.4 is 5.32 Å². The van der Waals surface area contributed by atoms with E-state index in [1.54, 1.807) is 18.2 Å². The molecule has 0 bridgehead atoms. The Morgan fingerprint density at radius 2 is 2.18 bits per heavy atom. The molecule has 1 heterocycles. The van der Waals surface area contributed by atoms with Crippen molar-refractivity contribution in [2.45, 2.75) is 0 Å². The van der Waals surface area contributed by atoms with E-state index < -0.39 is 0 Å². The van der Waals surface area contributed by atoms with Gasteiger partial charge in [-0.25, -0.2) is 0 Å². The maximum Gasteiger partial charge on any atom is 0.263 e. The standard InChI is InChI=1S/C11H9Cl2NO2S/c12-6-1-2-7-8(5-6)17-10(9(7)13)11(16)14-3-4-15/h1-2,5,15H,3-4H2,(H,14,16). The van der Waals surface area contributed by atoms with Gasteiger partial charge in [0.25, 0.3) is 5.91 Å². The average Bonchev–Trinajstić information content (AvgIpc) is 2.63. The van der Waals surface area contributed by atoms with E-state index in [0.717, 1.165) is 10.1 Å². The van der Waals surface area contributed by atoms with Crippen LogP contribution in [0.5, 0.6) is 0 Å². The summed E-state index contributed by atoms with van der Waals surface area (Å²) >= 11 is 13.3. The van der Waals surface area contributed by atoms with Gasteiger partial charge < -0.3 is 10.4 Å². The molecule has 0 aliphatic carbocycles. The molecular weight excluding hydrogens is 281 g/mol. The van der Waals surface area contributed by atoms with Gasteiger partial charge in [-0.3, -0.25) is 4.79 Å². The predicted octanol–water partition coefficient (Wildman–Crippen LogP) is 2.93. The molecule has 2 aromatic rings. The van der Waals surface area contributed by atoms with E-state index in [1.165, 1.54) is 11.3 Å². The number of aliphatic hydroxyl groups excluding tert-OH is 1. The Kier molecular flexibility index (Phi) is 3.89. The minimum atomic E-state index is -0.277. The lowest BCUT2D eigenvalue weighted by Crippen LogP contribution is -2.25. The zero-order valence-electron chi connectivity index (χ0n) is 8.67. The van der Waals surface area contributed by atoms with Gasteiger partial charge in [0, 0.05) is 21.7 Å². The Labute approximate surface area is 112 Å². The number of benzene rings is 1. The van der Waals surface area contributed by atoms with E-state index in [0.29, 0.717) is 14.9 Å². The van der Waals surface area contributed by atoms with E-state index in [1.807, 2.05) is 0 Å². The van der Waals surface area contributed by atoms with Crippen molar-refractivity contribution in [1.29, 1.82) is 0 Å². The molecule has 6 heteroatoms. The molecule has 90 valence electrons. The fraction of sp³-hybridized carbons (Fsp3) is 0.182. The molecule has 0 fully saturated rings. The Morgan fingerprint density at radius 1 is 1.41 bits per heavy atom. The van der Waals surface area contributed by atoms with E-state index in [2.05, 4.69) is 5.32 Å². The summed E-state index contributed by atoms with van der Waals surface area (Å²) in [7, 11) is 0. The normalized spacial score (nSPS) is 10.8. The summed E-state index contributed by atoms with van der Waals surface area (Å²) in [6.07, 6.45) is 0. The van der Waals surface area contributed by atoms with Gasteiger partial charge in [0.15, 0.2) is 0 Å². The highest BCUT2D eigenvalue weighted by Crippen LogP contribution is 2.36. The monoisotopic (exact) mass is 289 g/mol. The molecule has 0 radical (unpaired) electrons. The van der Waals surface area contributed by atoms with E-state index >= 15 is 0 Å². The second kappa shape index (κ2) is 5.23. The highest BCUT2D eigenvalue weighted by molar-refractivity contribution is 7.21. The van der Waals surface area contributed by atoms with E-state index in [-0.39, 0.29) is 19.1 Å². The summed E-state index contributed by atoms with van der Waals surface area (Å²) in [6.45, 7) is 0.115. The molecule has 0 atom stereocenters. The largest absolute Gasteiger partial charge is 0.395 e. The van der Waals surface area contributed by atoms with Crippen LogP contribution in [0.25, 0.3) is 10.1 Å². The van der Waals surface area contributed by atoms with Crippen LogP contribution in [0.15, 0.2) is 18.2 Å². The third kappa shape index (κ3) is 2.55. The molecule has 17 heavy (non-hydrogen) atoms. The van der Waals surface area contributed by atoms with Crippen molar-refractivity contribution in [3.8, 4) is 0 Å². The topological polar surface area (TPSA) is 49.3 Å². The molecule has 0 spiro atoms. The summed E-state index contributed by atoms with van der Waals surface area (Å²) in [5.74, 6) is -0.277. The van der Waals surface area contributed by atoms with Crippen LogP contribution in [-0.2, 0) is 0 Å². The van der Waals surface area contributed by atoms with E-state index in [9.17, 15) is 4.79 Å². The van der Waals surface area contributed by atoms with Crippen molar-refractivity contribution in [3.05, 3.63) is 33.1 Å². The quantitative estimate of drug-likeness (QED) is 0.913. The van der Waals surface area contributed by atoms with Gasteiger partial charge in [-0.2, -0.15) is 0 Å². The Morgan fingerprint density at radius 3 is 2.88 bits per heavy atom. The smallest absolute Gasteiger partial charge is 0.263 e. The minimum absolute atomic E-state index is 0.0971. The zero-order chi connectivity index (χ0) is 12.4. The van der Waals surface area contributed by atoms with Crippen LogP contribution in [0.2, 0.25) is 10.0 Å². The first kappa shape index (κ1) is 12.6. The molecule has 0 saturated heterocycles. The zero-order valence-corrected chi connectivity index (χ0v) is 11.0. The summed E-state index contributed by atoms with van der Waals surface area (Å²) in [4.78, 5) is 12.2. The number of amides is 1. The van der Waals surface area contributed by atoms with Gasteiger partial charge in [0.1, 0.15) is 4.88 Å². The fourth-order valence-corrected chi connectivity index (χ4v) is 3.14. The van der Waals surface area contributed by atoms with Crippen LogP contribution in [-0.4, -0.2) is 24.2 Å². The highest BCUT2D eigenvalue weighted by Gasteiger charge is 2.16. The maximum absolute atomic E-state index is 11.7.